The Morgan fingerprint density at radius 1 is 1.29 bits per heavy atom. The molecule has 3 heterocycles. The van der Waals surface area contributed by atoms with Crippen LogP contribution in [0.4, 0.5) is 14.6 Å². The number of carbonyl (C=O) groups excluding carboxylic acids is 1. The van der Waals surface area contributed by atoms with Crippen LogP contribution >= 0.6 is 0 Å². The summed E-state index contributed by atoms with van der Waals surface area (Å²) in [6, 6.07) is -0.544. The third kappa shape index (κ3) is 3.91. The van der Waals surface area contributed by atoms with Crippen LogP contribution in [0, 0.1) is 0 Å². The number of amides is 1. The molecule has 1 saturated heterocycles. The first-order valence-corrected chi connectivity index (χ1v) is 9.55. The van der Waals surface area contributed by atoms with E-state index in [1.165, 1.54) is 10.9 Å². The molecule has 0 spiro atoms. The van der Waals surface area contributed by atoms with Gasteiger partial charge in [-0.1, -0.05) is 6.92 Å². The molecule has 8 nitrogen and oxygen atoms in total. The molecule has 10 heteroatoms. The van der Waals surface area contributed by atoms with Gasteiger partial charge in [-0.25, -0.2) is 23.7 Å². The van der Waals surface area contributed by atoms with Crippen molar-refractivity contribution < 1.29 is 18.3 Å². The van der Waals surface area contributed by atoms with E-state index in [2.05, 4.69) is 20.3 Å². The first-order chi connectivity index (χ1) is 13.3. The van der Waals surface area contributed by atoms with Crippen molar-refractivity contribution in [2.45, 2.75) is 65.3 Å². The van der Waals surface area contributed by atoms with Crippen molar-refractivity contribution in [3.8, 4) is 0 Å². The molecule has 0 unspecified atom stereocenters. The number of morpholine rings is 1. The largest absolute Gasteiger partial charge is 0.372 e. The molecule has 154 valence electrons. The number of fused-ring (bicyclic) bond motifs is 1. The molecular weight excluding hydrogens is 370 g/mol. The van der Waals surface area contributed by atoms with Gasteiger partial charge in [-0.05, 0) is 27.2 Å². The van der Waals surface area contributed by atoms with E-state index in [0.29, 0.717) is 31.7 Å². The number of imidazole rings is 1. The van der Waals surface area contributed by atoms with Gasteiger partial charge in [-0.3, -0.25) is 4.79 Å². The molecule has 1 aliphatic heterocycles. The first-order valence-electron chi connectivity index (χ1n) is 9.55. The first kappa shape index (κ1) is 20.4. The van der Waals surface area contributed by atoms with Gasteiger partial charge < -0.3 is 19.5 Å². The van der Waals surface area contributed by atoms with Crippen LogP contribution in [-0.2, 0) is 16.1 Å². The number of carbonyl (C=O) groups is 1. The Kier molecular flexibility index (Phi) is 6.07. The van der Waals surface area contributed by atoms with Gasteiger partial charge in [-0.2, -0.15) is 0 Å². The minimum atomic E-state index is -2.72. The summed E-state index contributed by atoms with van der Waals surface area (Å²) in [5, 5.41) is 3.10. The quantitative estimate of drug-likeness (QED) is 0.808. The van der Waals surface area contributed by atoms with E-state index in [0.717, 1.165) is 0 Å². The molecule has 0 saturated carbocycles. The summed E-state index contributed by atoms with van der Waals surface area (Å²) in [6.07, 6.45) is -0.985. The number of hydrogen-bond donors (Lipinski definition) is 1. The number of rotatable bonds is 6. The Balaban J connectivity index is 1.88. The fourth-order valence-electron chi connectivity index (χ4n) is 3.62. The van der Waals surface area contributed by atoms with Crippen LogP contribution < -0.4 is 5.32 Å². The number of alkyl halides is 2. The molecule has 3 atom stereocenters. The van der Waals surface area contributed by atoms with Gasteiger partial charge in [0.05, 0.1) is 12.2 Å². The van der Waals surface area contributed by atoms with Crippen molar-refractivity contribution in [3.63, 3.8) is 0 Å². The number of aromatic nitrogens is 4. The highest BCUT2D eigenvalue weighted by Gasteiger charge is 2.31. The molecule has 1 amide bonds. The maximum atomic E-state index is 13.3. The Bertz CT molecular complexity index is 833. The van der Waals surface area contributed by atoms with Crippen molar-refractivity contribution >= 4 is 22.9 Å². The van der Waals surface area contributed by atoms with Gasteiger partial charge in [-0.15, -0.1) is 0 Å². The van der Waals surface area contributed by atoms with Crippen LogP contribution in [0.1, 0.15) is 46.4 Å². The van der Waals surface area contributed by atoms with Crippen LogP contribution in [0.2, 0.25) is 0 Å². The lowest BCUT2D eigenvalue weighted by Crippen LogP contribution is -2.52. The van der Waals surface area contributed by atoms with E-state index < -0.39 is 12.5 Å². The topological polar surface area (TPSA) is 85.2 Å². The van der Waals surface area contributed by atoms with Crippen molar-refractivity contribution in [1.29, 1.82) is 0 Å². The molecule has 3 rings (SSSR count). The summed E-state index contributed by atoms with van der Waals surface area (Å²) in [6.45, 7) is 8.84. The number of hydrogen-bond acceptors (Lipinski definition) is 6. The predicted octanol–water partition coefficient (Wildman–Crippen LogP) is 2.61. The Hall–Kier alpha value is -2.36. The van der Waals surface area contributed by atoms with Crippen LogP contribution in [-0.4, -0.2) is 61.7 Å². The molecule has 0 bridgehead atoms. The van der Waals surface area contributed by atoms with E-state index in [1.807, 2.05) is 20.8 Å². The van der Waals surface area contributed by atoms with Crippen LogP contribution in [0.25, 0.3) is 11.2 Å². The lowest BCUT2D eigenvalue weighted by Gasteiger charge is -2.37. The SMILES string of the molecule is CC[C@@H](Nc1ncnc2c1nc(C(F)F)n2CC)C(=O)N1C[C@@H](C)O[C@@H](C)C1. The van der Waals surface area contributed by atoms with E-state index in [-0.39, 0.29) is 35.3 Å². The zero-order chi connectivity index (χ0) is 20.4. The highest BCUT2D eigenvalue weighted by Crippen LogP contribution is 2.27. The normalized spacial score (nSPS) is 21.3. The summed E-state index contributed by atoms with van der Waals surface area (Å²) in [5.41, 5.74) is 0.570. The van der Waals surface area contributed by atoms with E-state index in [1.54, 1.807) is 11.8 Å². The van der Waals surface area contributed by atoms with Crippen LogP contribution in [0.15, 0.2) is 6.33 Å². The lowest BCUT2D eigenvalue weighted by molar-refractivity contribution is -0.144. The molecule has 0 radical (unpaired) electrons. The molecular formula is C18H26F2N6O2. The number of nitrogens with one attached hydrogen (secondary N) is 1. The Morgan fingerprint density at radius 2 is 1.96 bits per heavy atom. The smallest absolute Gasteiger partial charge is 0.295 e. The summed E-state index contributed by atoms with van der Waals surface area (Å²) in [4.78, 5) is 27.1. The third-order valence-corrected chi connectivity index (χ3v) is 4.82. The maximum Gasteiger partial charge on any atom is 0.295 e. The van der Waals surface area contributed by atoms with E-state index in [4.69, 9.17) is 4.74 Å². The van der Waals surface area contributed by atoms with Gasteiger partial charge in [0.15, 0.2) is 22.8 Å². The minimum absolute atomic E-state index is 0.0372. The second-order valence-electron chi connectivity index (χ2n) is 7.02. The fraction of sp³-hybridized carbons (Fsp3) is 0.667. The molecule has 28 heavy (non-hydrogen) atoms. The standard InChI is InChI=1S/C18H26F2N6O2/c1-5-12(18(27)25-7-10(3)28-11(4)8-25)23-15-13-16(22-9-21-15)26(6-2)17(24-13)14(19)20/h9-12,14H,5-8H2,1-4H3,(H,21,22,23)/t10-,11+,12-/m1/s1. The number of anilines is 1. The Labute approximate surface area is 162 Å². The van der Waals surface area contributed by atoms with Crippen molar-refractivity contribution in [2.75, 3.05) is 18.4 Å². The van der Waals surface area contributed by atoms with Gasteiger partial charge >= 0.3 is 0 Å². The van der Waals surface area contributed by atoms with Crippen molar-refractivity contribution in [1.82, 2.24) is 24.4 Å². The number of halogens is 2. The number of ether oxygens (including phenoxy) is 1. The maximum absolute atomic E-state index is 13.3. The Morgan fingerprint density at radius 3 is 2.54 bits per heavy atom. The molecule has 1 N–H and O–H groups in total. The zero-order valence-electron chi connectivity index (χ0n) is 16.5. The van der Waals surface area contributed by atoms with Gasteiger partial charge in [0, 0.05) is 19.6 Å². The highest BCUT2D eigenvalue weighted by molar-refractivity contribution is 5.89. The fourth-order valence-corrected chi connectivity index (χ4v) is 3.62. The van der Waals surface area contributed by atoms with Crippen molar-refractivity contribution in [3.05, 3.63) is 12.2 Å². The second-order valence-corrected chi connectivity index (χ2v) is 7.02. The lowest BCUT2D eigenvalue weighted by atomic mass is 10.1. The molecule has 0 aliphatic carbocycles. The molecule has 2 aromatic rings. The number of aryl methyl sites for hydroxylation is 1. The summed E-state index contributed by atoms with van der Waals surface area (Å²) in [7, 11) is 0. The van der Waals surface area contributed by atoms with Crippen LogP contribution in [0.3, 0.4) is 0 Å². The summed E-state index contributed by atoms with van der Waals surface area (Å²) >= 11 is 0. The molecule has 0 aromatic carbocycles. The summed E-state index contributed by atoms with van der Waals surface area (Å²) in [5.74, 6) is -0.134. The monoisotopic (exact) mass is 396 g/mol. The highest BCUT2D eigenvalue weighted by atomic mass is 19.3. The summed E-state index contributed by atoms with van der Waals surface area (Å²) < 4.78 is 33.7. The average Bonchev–Trinajstić information content (AvgIpc) is 3.04. The molecule has 2 aromatic heterocycles. The minimum Gasteiger partial charge on any atom is -0.372 e. The van der Waals surface area contributed by atoms with Crippen molar-refractivity contribution in [2.24, 2.45) is 0 Å². The van der Waals surface area contributed by atoms with E-state index >= 15 is 0 Å². The van der Waals surface area contributed by atoms with Gasteiger partial charge in [0.2, 0.25) is 5.91 Å². The predicted molar refractivity (Wildman–Crippen MR) is 100 cm³/mol. The average molecular weight is 396 g/mol. The third-order valence-electron chi connectivity index (χ3n) is 4.82. The molecule has 1 aliphatic rings. The zero-order valence-corrected chi connectivity index (χ0v) is 16.5. The van der Waals surface area contributed by atoms with Crippen LogP contribution in [0.5, 0.6) is 0 Å². The van der Waals surface area contributed by atoms with E-state index in [9.17, 15) is 13.6 Å². The molecule has 1 fully saturated rings. The van der Waals surface area contributed by atoms with Gasteiger partial charge in [0.1, 0.15) is 12.4 Å². The van der Waals surface area contributed by atoms with Gasteiger partial charge in [0.25, 0.3) is 6.43 Å². The number of nitrogens with zero attached hydrogens (tertiary/aromatic N) is 5. The second kappa shape index (κ2) is 8.34.